The van der Waals surface area contributed by atoms with Gasteiger partial charge in [0.2, 0.25) is 5.89 Å². The summed E-state index contributed by atoms with van der Waals surface area (Å²) in [5.41, 5.74) is 1.02. The van der Waals surface area contributed by atoms with Crippen molar-refractivity contribution in [2.24, 2.45) is 10.9 Å². The normalized spacial score (nSPS) is 23.8. The van der Waals surface area contributed by atoms with E-state index < -0.39 is 0 Å². The summed E-state index contributed by atoms with van der Waals surface area (Å²) in [7, 11) is 1.95. The summed E-state index contributed by atoms with van der Waals surface area (Å²) in [5.74, 6) is 4.88. The van der Waals surface area contributed by atoms with Crippen molar-refractivity contribution >= 4 is 17.7 Å². The number of nitrogens with zero attached hydrogens (tertiary/aromatic N) is 4. The fraction of sp³-hybridized carbons (Fsp3) is 0.826. The summed E-state index contributed by atoms with van der Waals surface area (Å²) < 4.78 is 6.25. The molecule has 3 heterocycles. The molecule has 1 aliphatic carbocycles. The molecule has 1 aromatic heterocycles. The van der Waals surface area contributed by atoms with Crippen LogP contribution in [0.3, 0.4) is 0 Å². The Morgan fingerprint density at radius 1 is 1.20 bits per heavy atom. The predicted octanol–water partition coefficient (Wildman–Crippen LogP) is 3.83. The first-order valence-electron chi connectivity index (χ1n) is 11.8. The average molecular weight is 434 g/mol. The molecule has 0 bridgehead atoms. The van der Waals surface area contributed by atoms with Crippen LogP contribution in [0.25, 0.3) is 0 Å². The number of hydrogen-bond donors (Lipinski definition) is 1. The Hall–Kier alpha value is -1.21. The van der Waals surface area contributed by atoms with E-state index in [1.165, 1.54) is 57.2 Å². The molecule has 168 valence electrons. The maximum atomic E-state index is 5.76. The second kappa shape index (κ2) is 9.94. The van der Waals surface area contributed by atoms with Crippen LogP contribution in [0.4, 0.5) is 0 Å². The number of hydrogen-bond acceptors (Lipinski definition) is 5. The molecular formula is C23H39N5OS. The lowest BCUT2D eigenvalue weighted by atomic mass is 9.87. The first-order chi connectivity index (χ1) is 14.6. The Bertz CT molecular complexity index is 694. The van der Waals surface area contributed by atoms with Gasteiger partial charge < -0.3 is 14.6 Å². The van der Waals surface area contributed by atoms with E-state index in [2.05, 4.69) is 36.9 Å². The van der Waals surface area contributed by atoms with E-state index in [1.807, 2.05) is 20.9 Å². The topological polar surface area (TPSA) is 56.9 Å². The molecule has 2 aliphatic heterocycles. The van der Waals surface area contributed by atoms with Gasteiger partial charge in [0.15, 0.2) is 5.96 Å². The van der Waals surface area contributed by atoms with Gasteiger partial charge in [-0.25, -0.2) is 4.98 Å². The molecule has 3 aliphatic rings. The molecular weight excluding hydrogens is 394 g/mol. The molecule has 1 saturated carbocycles. The standard InChI is InChI=1S/C23H39N5OS/c1-18-19(2)29-21(26-18)16-27-11-7-20(8-12-27)15-25-22(24-3)28-13-14-30-23(17-28)9-5-4-6-10-23/h20H,4-17H2,1-3H3,(H,24,25). The molecule has 3 fully saturated rings. The van der Waals surface area contributed by atoms with E-state index in [9.17, 15) is 0 Å². The Balaban J connectivity index is 1.22. The van der Waals surface area contributed by atoms with E-state index in [0.29, 0.717) is 10.7 Å². The van der Waals surface area contributed by atoms with Crippen LogP contribution < -0.4 is 5.32 Å². The molecule has 30 heavy (non-hydrogen) atoms. The van der Waals surface area contributed by atoms with E-state index >= 15 is 0 Å². The maximum absolute atomic E-state index is 5.76. The van der Waals surface area contributed by atoms with Gasteiger partial charge in [0.25, 0.3) is 0 Å². The van der Waals surface area contributed by atoms with E-state index in [4.69, 9.17) is 4.42 Å². The summed E-state index contributed by atoms with van der Waals surface area (Å²) in [5, 5.41) is 3.72. The maximum Gasteiger partial charge on any atom is 0.208 e. The Morgan fingerprint density at radius 3 is 2.63 bits per heavy atom. The number of aryl methyl sites for hydroxylation is 2. The summed E-state index contributed by atoms with van der Waals surface area (Å²) in [6.45, 7) is 10.4. The predicted molar refractivity (Wildman–Crippen MR) is 125 cm³/mol. The zero-order valence-corrected chi connectivity index (χ0v) is 19.9. The minimum absolute atomic E-state index is 0.482. The lowest BCUT2D eigenvalue weighted by Crippen LogP contribution is -2.54. The van der Waals surface area contributed by atoms with Crippen molar-refractivity contribution in [1.82, 2.24) is 20.1 Å². The van der Waals surface area contributed by atoms with Gasteiger partial charge in [0.05, 0.1) is 12.2 Å². The van der Waals surface area contributed by atoms with Crippen LogP contribution in [-0.2, 0) is 6.54 Å². The highest BCUT2D eigenvalue weighted by Gasteiger charge is 2.38. The highest BCUT2D eigenvalue weighted by atomic mass is 32.2. The summed E-state index contributed by atoms with van der Waals surface area (Å²) >= 11 is 2.22. The summed E-state index contributed by atoms with van der Waals surface area (Å²) in [4.78, 5) is 14.2. The molecule has 0 atom stereocenters. The third-order valence-corrected chi connectivity index (χ3v) is 8.75. The molecule has 0 unspecified atom stereocenters. The summed E-state index contributed by atoms with van der Waals surface area (Å²) in [6, 6.07) is 0. The third-order valence-electron chi connectivity index (χ3n) is 7.21. The molecule has 1 N–H and O–H groups in total. The monoisotopic (exact) mass is 433 g/mol. The average Bonchev–Trinajstić information content (AvgIpc) is 3.07. The minimum Gasteiger partial charge on any atom is -0.444 e. The number of aliphatic imine (C=N–C) groups is 1. The van der Waals surface area contributed by atoms with Gasteiger partial charge in [-0.2, -0.15) is 11.8 Å². The molecule has 2 saturated heterocycles. The van der Waals surface area contributed by atoms with Gasteiger partial charge in [0.1, 0.15) is 5.76 Å². The van der Waals surface area contributed by atoms with E-state index in [-0.39, 0.29) is 0 Å². The molecule has 0 radical (unpaired) electrons. The summed E-state index contributed by atoms with van der Waals surface area (Å²) in [6.07, 6.45) is 9.44. The van der Waals surface area contributed by atoms with Crippen molar-refractivity contribution in [1.29, 1.82) is 0 Å². The smallest absolute Gasteiger partial charge is 0.208 e. The van der Waals surface area contributed by atoms with Crippen molar-refractivity contribution in [3.8, 4) is 0 Å². The zero-order valence-electron chi connectivity index (χ0n) is 19.1. The Kier molecular flexibility index (Phi) is 7.29. The Morgan fingerprint density at radius 2 is 1.97 bits per heavy atom. The van der Waals surface area contributed by atoms with Crippen molar-refractivity contribution in [3.05, 3.63) is 17.3 Å². The van der Waals surface area contributed by atoms with Crippen LogP contribution in [0.15, 0.2) is 9.41 Å². The molecule has 0 amide bonds. The number of oxazole rings is 1. The van der Waals surface area contributed by atoms with Gasteiger partial charge in [-0.15, -0.1) is 0 Å². The molecule has 1 aromatic rings. The largest absolute Gasteiger partial charge is 0.444 e. The van der Waals surface area contributed by atoms with Crippen LogP contribution in [0, 0.1) is 19.8 Å². The fourth-order valence-corrected chi connectivity index (χ4v) is 6.81. The number of aromatic nitrogens is 1. The first kappa shape index (κ1) is 22.0. The quantitative estimate of drug-likeness (QED) is 0.575. The van der Waals surface area contributed by atoms with Crippen LogP contribution in [0.2, 0.25) is 0 Å². The molecule has 7 heteroatoms. The molecule has 4 rings (SSSR count). The van der Waals surface area contributed by atoms with Crippen molar-refractivity contribution < 1.29 is 4.42 Å². The second-order valence-corrected chi connectivity index (χ2v) is 11.0. The van der Waals surface area contributed by atoms with Crippen LogP contribution in [0.1, 0.15) is 62.3 Å². The first-order valence-corrected chi connectivity index (χ1v) is 12.8. The Labute approximate surface area is 186 Å². The minimum atomic E-state index is 0.482. The number of rotatable bonds is 4. The lowest BCUT2D eigenvalue weighted by molar-refractivity contribution is 0.163. The molecule has 6 nitrogen and oxygen atoms in total. The number of piperidine rings is 1. The van der Waals surface area contributed by atoms with E-state index in [0.717, 1.165) is 56.0 Å². The van der Waals surface area contributed by atoms with Gasteiger partial charge in [-0.05, 0) is 58.5 Å². The van der Waals surface area contributed by atoms with Crippen LogP contribution >= 0.6 is 11.8 Å². The van der Waals surface area contributed by atoms with Gasteiger partial charge in [-0.3, -0.25) is 9.89 Å². The highest BCUT2D eigenvalue weighted by Crippen LogP contribution is 2.42. The SMILES string of the molecule is CN=C(NCC1CCN(Cc2nc(C)c(C)o2)CC1)N1CCSC2(CCCCC2)C1. The lowest BCUT2D eigenvalue weighted by Gasteiger charge is -2.45. The van der Waals surface area contributed by atoms with Gasteiger partial charge >= 0.3 is 0 Å². The fourth-order valence-electron chi connectivity index (χ4n) is 5.24. The second-order valence-electron chi connectivity index (χ2n) is 9.41. The van der Waals surface area contributed by atoms with E-state index in [1.54, 1.807) is 0 Å². The third kappa shape index (κ3) is 5.34. The number of thioether (sulfide) groups is 1. The highest BCUT2D eigenvalue weighted by molar-refractivity contribution is 8.00. The van der Waals surface area contributed by atoms with Crippen LogP contribution in [-0.4, -0.2) is 71.0 Å². The molecule has 0 aromatic carbocycles. The van der Waals surface area contributed by atoms with Crippen LogP contribution in [0.5, 0.6) is 0 Å². The van der Waals surface area contributed by atoms with Crippen molar-refractivity contribution in [3.63, 3.8) is 0 Å². The van der Waals surface area contributed by atoms with Gasteiger partial charge in [0, 0.05) is 37.2 Å². The number of likely N-dealkylation sites (tertiary alicyclic amines) is 1. The number of nitrogens with one attached hydrogen (secondary N) is 1. The zero-order chi connectivity index (χ0) is 21.0. The van der Waals surface area contributed by atoms with Crippen molar-refractivity contribution in [2.45, 2.75) is 70.1 Å². The number of guanidine groups is 1. The van der Waals surface area contributed by atoms with Gasteiger partial charge in [-0.1, -0.05) is 19.3 Å². The van der Waals surface area contributed by atoms with Crippen molar-refractivity contribution in [2.75, 3.05) is 45.5 Å². The molecule has 1 spiro atoms.